The van der Waals surface area contributed by atoms with Crippen molar-refractivity contribution in [2.24, 2.45) is 0 Å². The van der Waals surface area contributed by atoms with E-state index in [1.165, 1.54) is 29.8 Å². The van der Waals surface area contributed by atoms with Gasteiger partial charge in [0.1, 0.15) is 11.9 Å². The third-order valence-electron chi connectivity index (χ3n) is 3.64. The van der Waals surface area contributed by atoms with Crippen molar-refractivity contribution in [2.45, 2.75) is 38.7 Å². The topological polar surface area (TPSA) is 26.3 Å². The van der Waals surface area contributed by atoms with Crippen LogP contribution in [-0.2, 0) is 11.2 Å². The molecule has 0 amide bonds. The highest BCUT2D eigenvalue weighted by Gasteiger charge is 2.14. The Balaban J connectivity index is 1.81. The normalized spacial score (nSPS) is 11.9. The number of carbonyl (C=O) groups excluding carboxylic acids is 1. The summed E-state index contributed by atoms with van der Waals surface area (Å²) in [5.41, 5.74) is 1.69. The number of benzene rings is 2. The van der Waals surface area contributed by atoms with Crippen molar-refractivity contribution in [1.82, 2.24) is 0 Å². The minimum absolute atomic E-state index is 0.0961. The second-order valence-corrected chi connectivity index (χ2v) is 5.32. The van der Waals surface area contributed by atoms with E-state index in [4.69, 9.17) is 4.74 Å². The second kappa shape index (κ2) is 8.32. The van der Waals surface area contributed by atoms with Crippen molar-refractivity contribution >= 4 is 5.97 Å². The molecule has 0 aliphatic heterocycles. The van der Waals surface area contributed by atoms with Crippen molar-refractivity contribution in [1.29, 1.82) is 0 Å². The average molecular weight is 300 g/mol. The summed E-state index contributed by atoms with van der Waals surface area (Å²) in [6.45, 7) is 2.01. The van der Waals surface area contributed by atoms with Gasteiger partial charge in [-0.3, -0.25) is 0 Å². The molecule has 0 spiro atoms. The van der Waals surface area contributed by atoms with Crippen molar-refractivity contribution < 1.29 is 13.9 Å². The zero-order valence-corrected chi connectivity index (χ0v) is 12.8. The van der Waals surface area contributed by atoms with Crippen LogP contribution in [-0.4, -0.2) is 12.1 Å². The Labute approximate surface area is 130 Å². The summed E-state index contributed by atoms with van der Waals surface area (Å²) in [5.74, 6) is -0.738. The lowest BCUT2D eigenvalue weighted by Gasteiger charge is -2.16. The summed E-state index contributed by atoms with van der Waals surface area (Å²) in [4.78, 5) is 12.0. The van der Waals surface area contributed by atoms with Gasteiger partial charge in [0.05, 0.1) is 5.56 Å². The molecule has 22 heavy (non-hydrogen) atoms. The molecule has 3 heteroatoms. The molecular weight excluding hydrogens is 279 g/mol. The number of rotatable bonds is 7. The molecule has 0 aliphatic carbocycles. The van der Waals surface area contributed by atoms with Crippen LogP contribution in [0.3, 0.4) is 0 Å². The number of esters is 1. The standard InChI is InChI=1S/C19H21FO2/c1-2-18(10-6-9-15-7-4-3-5-8-15)22-19(21)16-11-13-17(20)14-12-16/h3-5,7-8,11-14,18H,2,6,9-10H2,1H3. The van der Waals surface area contributed by atoms with Gasteiger partial charge in [0.15, 0.2) is 0 Å². The van der Waals surface area contributed by atoms with E-state index in [0.717, 1.165) is 25.7 Å². The van der Waals surface area contributed by atoms with Crippen LogP contribution in [0.25, 0.3) is 0 Å². The van der Waals surface area contributed by atoms with E-state index in [-0.39, 0.29) is 17.9 Å². The van der Waals surface area contributed by atoms with Crippen LogP contribution >= 0.6 is 0 Å². The Hall–Kier alpha value is -2.16. The van der Waals surface area contributed by atoms with E-state index >= 15 is 0 Å². The van der Waals surface area contributed by atoms with Crippen molar-refractivity contribution in [2.75, 3.05) is 0 Å². The quantitative estimate of drug-likeness (QED) is 0.688. The first-order chi connectivity index (χ1) is 10.7. The summed E-state index contributed by atoms with van der Waals surface area (Å²) >= 11 is 0. The van der Waals surface area contributed by atoms with E-state index < -0.39 is 0 Å². The highest BCUT2D eigenvalue weighted by molar-refractivity contribution is 5.89. The van der Waals surface area contributed by atoms with Gasteiger partial charge in [-0.2, -0.15) is 0 Å². The van der Waals surface area contributed by atoms with Gasteiger partial charge >= 0.3 is 5.97 Å². The maximum atomic E-state index is 12.9. The molecular formula is C19H21FO2. The minimum atomic E-state index is -0.383. The molecule has 0 N–H and O–H groups in total. The van der Waals surface area contributed by atoms with Gasteiger partial charge in [-0.05, 0) is 55.5 Å². The smallest absolute Gasteiger partial charge is 0.338 e. The lowest BCUT2D eigenvalue weighted by atomic mass is 10.0. The molecule has 0 aliphatic rings. The molecule has 0 saturated carbocycles. The largest absolute Gasteiger partial charge is 0.459 e. The fourth-order valence-electron chi connectivity index (χ4n) is 2.33. The third-order valence-corrected chi connectivity index (χ3v) is 3.64. The van der Waals surface area contributed by atoms with Gasteiger partial charge < -0.3 is 4.74 Å². The van der Waals surface area contributed by atoms with Crippen LogP contribution in [0.2, 0.25) is 0 Å². The summed E-state index contributed by atoms with van der Waals surface area (Å²) in [6, 6.07) is 15.7. The van der Waals surface area contributed by atoms with E-state index in [1.54, 1.807) is 0 Å². The Morgan fingerprint density at radius 3 is 2.41 bits per heavy atom. The molecule has 2 nitrogen and oxygen atoms in total. The Bertz CT molecular complexity index is 578. The first-order valence-electron chi connectivity index (χ1n) is 7.69. The minimum Gasteiger partial charge on any atom is -0.459 e. The molecule has 2 aromatic carbocycles. The SMILES string of the molecule is CCC(CCCc1ccccc1)OC(=O)c1ccc(F)cc1. The molecule has 0 saturated heterocycles. The molecule has 1 unspecified atom stereocenters. The maximum Gasteiger partial charge on any atom is 0.338 e. The van der Waals surface area contributed by atoms with Crippen molar-refractivity contribution in [3.05, 3.63) is 71.5 Å². The maximum absolute atomic E-state index is 12.9. The zero-order chi connectivity index (χ0) is 15.8. The van der Waals surface area contributed by atoms with E-state index in [2.05, 4.69) is 12.1 Å². The van der Waals surface area contributed by atoms with Crippen molar-refractivity contribution in [3.63, 3.8) is 0 Å². The third kappa shape index (κ3) is 4.99. The fourth-order valence-corrected chi connectivity index (χ4v) is 2.33. The van der Waals surface area contributed by atoms with Crippen LogP contribution in [0.1, 0.15) is 42.1 Å². The zero-order valence-electron chi connectivity index (χ0n) is 12.8. The molecule has 0 heterocycles. The molecule has 1 atom stereocenters. The van der Waals surface area contributed by atoms with E-state index in [9.17, 15) is 9.18 Å². The molecule has 0 aromatic heterocycles. The number of ether oxygens (including phenoxy) is 1. The highest BCUT2D eigenvalue weighted by atomic mass is 19.1. The van der Waals surface area contributed by atoms with E-state index in [0.29, 0.717) is 5.56 Å². The van der Waals surface area contributed by atoms with Gasteiger partial charge in [-0.15, -0.1) is 0 Å². The van der Waals surface area contributed by atoms with Crippen LogP contribution in [0.4, 0.5) is 4.39 Å². The Morgan fingerprint density at radius 1 is 1.09 bits per heavy atom. The Morgan fingerprint density at radius 2 is 1.77 bits per heavy atom. The number of hydrogen-bond donors (Lipinski definition) is 0. The monoisotopic (exact) mass is 300 g/mol. The predicted molar refractivity (Wildman–Crippen MR) is 85.3 cm³/mol. The molecule has 0 bridgehead atoms. The number of carbonyl (C=O) groups is 1. The first-order valence-corrected chi connectivity index (χ1v) is 7.69. The van der Waals surface area contributed by atoms with Gasteiger partial charge in [0.2, 0.25) is 0 Å². The molecule has 2 aromatic rings. The molecule has 2 rings (SSSR count). The number of hydrogen-bond acceptors (Lipinski definition) is 2. The summed E-state index contributed by atoms with van der Waals surface area (Å²) in [5, 5.41) is 0. The molecule has 116 valence electrons. The van der Waals surface area contributed by atoms with Crippen molar-refractivity contribution in [3.8, 4) is 0 Å². The fraction of sp³-hybridized carbons (Fsp3) is 0.316. The second-order valence-electron chi connectivity index (χ2n) is 5.32. The van der Waals surface area contributed by atoms with Crippen LogP contribution in [0.5, 0.6) is 0 Å². The lowest BCUT2D eigenvalue weighted by Crippen LogP contribution is -2.17. The van der Waals surface area contributed by atoms with Gasteiger partial charge in [-0.1, -0.05) is 37.3 Å². The van der Waals surface area contributed by atoms with Gasteiger partial charge in [-0.25, -0.2) is 9.18 Å². The summed E-state index contributed by atoms with van der Waals surface area (Å²) in [6.07, 6.45) is 3.46. The summed E-state index contributed by atoms with van der Waals surface area (Å²) in [7, 11) is 0. The van der Waals surface area contributed by atoms with Gasteiger partial charge in [0.25, 0.3) is 0 Å². The summed E-state index contributed by atoms with van der Waals surface area (Å²) < 4.78 is 18.4. The molecule has 0 radical (unpaired) electrons. The lowest BCUT2D eigenvalue weighted by molar-refractivity contribution is 0.0269. The first kappa shape index (κ1) is 16.2. The number of aryl methyl sites for hydroxylation is 1. The van der Waals surface area contributed by atoms with Gasteiger partial charge in [0, 0.05) is 0 Å². The highest BCUT2D eigenvalue weighted by Crippen LogP contribution is 2.14. The van der Waals surface area contributed by atoms with E-state index in [1.807, 2.05) is 25.1 Å². The van der Waals surface area contributed by atoms with Crippen LogP contribution in [0, 0.1) is 5.82 Å². The number of halogens is 1. The Kier molecular flexibility index (Phi) is 6.13. The average Bonchev–Trinajstić information content (AvgIpc) is 2.55. The molecule has 0 fully saturated rings. The van der Waals surface area contributed by atoms with Crippen LogP contribution in [0.15, 0.2) is 54.6 Å². The predicted octanol–water partition coefficient (Wildman–Crippen LogP) is 4.78. The van der Waals surface area contributed by atoms with Crippen LogP contribution < -0.4 is 0 Å².